The maximum Gasteiger partial charge on any atom is 0.310 e. The maximum absolute atomic E-state index is 14.1. The van der Waals surface area contributed by atoms with Crippen LogP contribution in [0.15, 0.2) is 24.3 Å². The first-order valence-corrected chi connectivity index (χ1v) is 12.0. The first-order valence-electron chi connectivity index (χ1n) is 12.0. The molecule has 2 saturated carbocycles. The van der Waals surface area contributed by atoms with Crippen LogP contribution in [-0.4, -0.2) is 61.9 Å². The van der Waals surface area contributed by atoms with Crippen LogP contribution in [0.3, 0.4) is 0 Å². The molecule has 0 N–H and O–H groups in total. The molecule has 31 heavy (non-hydrogen) atoms. The minimum atomic E-state index is -0.160. The van der Waals surface area contributed by atoms with Gasteiger partial charge in [-0.3, -0.25) is 9.69 Å². The zero-order valence-corrected chi connectivity index (χ0v) is 18.4. The monoisotopic (exact) mass is 428 g/mol. The van der Waals surface area contributed by atoms with Crippen molar-refractivity contribution in [1.82, 2.24) is 4.90 Å². The van der Waals surface area contributed by atoms with E-state index >= 15 is 0 Å². The molecule has 1 spiro atoms. The summed E-state index contributed by atoms with van der Waals surface area (Å²) in [4.78, 5) is 17.4. The Kier molecular flexibility index (Phi) is 4.62. The Bertz CT molecular complexity index is 866. The Labute approximate surface area is 183 Å². The first kappa shape index (κ1) is 20.0. The van der Waals surface area contributed by atoms with Crippen LogP contribution in [0.1, 0.15) is 39.0 Å². The van der Waals surface area contributed by atoms with Crippen LogP contribution < -0.4 is 4.90 Å². The van der Waals surface area contributed by atoms with Gasteiger partial charge >= 0.3 is 5.97 Å². The molecule has 0 aromatic heterocycles. The molecule has 1 aromatic carbocycles. The normalized spacial score (nSPS) is 42.3. The molecule has 0 unspecified atom stereocenters. The van der Waals surface area contributed by atoms with E-state index in [2.05, 4.69) is 16.7 Å². The molecule has 6 heteroatoms. The molecule has 3 aliphatic heterocycles. The number of hydrogen-bond donors (Lipinski definition) is 0. The SMILES string of the molecule is C[C@]12CCC[C@]3(CO3)[C@H]1C[C@H]1[C@@H](C2)OC(=O)[C@@H]1CN1CCN(c2ccccc2F)CC1. The van der Waals surface area contributed by atoms with Crippen molar-refractivity contribution in [1.29, 1.82) is 0 Å². The van der Waals surface area contributed by atoms with Gasteiger partial charge in [-0.2, -0.15) is 0 Å². The van der Waals surface area contributed by atoms with Crippen LogP contribution in [0.25, 0.3) is 0 Å². The number of carbonyl (C=O) groups is 1. The van der Waals surface area contributed by atoms with Crippen LogP contribution in [-0.2, 0) is 14.3 Å². The third-order valence-corrected chi connectivity index (χ3v) is 9.10. The molecular weight excluding hydrogens is 395 g/mol. The lowest BCUT2D eigenvalue weighted by molar-refractivity contribution is -0.147. The molecule has 0 amide bonds. The maximum atomic E-state index is 14.1. The number of hydrogen-bond acceptors (Lipinski definition) is 5. The molecule has 3 heterocycles. The van der Waals surface area contributed by atoms with Crippen molar-refractivity contribution >= 4 is 11.7 Å². The van der Waals surface area contributed by atoms with Crippen molar-refractivity contribution in [3.8, 4) is 0 Å². The highest BCUT2D eigenvalue weighted by atomic mass is 19.1. The third-order valence-electron chi connectivity index (χ3n) is 9.10. The number of benzene rings is 1. The predicted molar refractivity (Wildman–Crippen MR) is 115 cm³/mol. The quantitative estimate of drug-likeness (QED) is 0.545. The molecule has 5 nitrogen and oxygen atoms in total. The largest absolute Gasteiger partial charge is 0.462 e. The lowest BCUT2D eigenvalue weighted by Gasteiger charge is -2.51. The highest BCUT2D eigenvalue weighted by Gasteiger charge is 2.65. The minimum Gasteiger partial charge on any atom is -0.462 e. The molecule has 3 saturated heterocycles. The van der Waals surface area contributed by atoms with Crippen molar-refractivity contribution < 1.29 is 18.7 Å². The topological polar surface area (TPSA) is 45.3 Å². The minimum absolute atomic E-state index is 0.000421. The van der Waals surface area contributed by atoms with Crippen LogP contribution in [0.2, 0.25) is 0 Å². The number of ether oxygens (including phenoxy) is 2. The second kappa shape index (κ2) is 7.17. The van der Waals surface area contributed by atoms with Crippen LogP contribution >= 0.6 is 0 Å². The average molecular weight is 429 g/mol. The van der Waals surface area contributed by atoms with Gasteiger partial charge in [0.15, 0.2) is 0 Å². The molecule has 168 valence electrons. The summed E-state index contributed by atoms with van der Waals surface area (Å²) < 4.78 is 26.1. The van der Waals surface area contributed by atoms with Crippen molar-refractivity contribution in [3.63, 3.8) is 0 Å². The van der Waals surface area contributed by atoms with Crippen LogP contribution in [0.5, 0.6) is 0 Å². The number of piperazine rings is 1. The van der Waals surface area contributed by atoms with Gasteiger partial charge in [0.05, 0.1) is 23.8 Å². The highest BCUT2D eigenvalue weighted by molar-refractivity contribution is 5.75. The third kappa shape index (κ3) is 3.29. The fraction of sp³-hybridized carbons (Fsp3) is 0.720. The number of epoxide rings is 1. The lowest BCUT2D eigenvalue weighted by Crippen LogP contribution is -2.52. The van der Waals surface area contributed by atoms with Crippen LogP contribution in [0.4, 0.5) is 10.1 Å². The number of rotatable bonds is 3. The van der Waals surface area contributed by atoms with Gasteiger partial charge in [0.2, 0.25) is 0 Å². The summed E-state index contributed by atoms with van der Waals surface area (Å²) in [6.45, 7) is 7.35. The zero-order chi connectivity index (χ0) is 21.2. The number of anilines is 1. The summed E-state index contributed by atoms with van der Waals surface area (Å²) in [6.07, 6.45) is 5.78. The van der Waals surface area contributed by atoms with E-state index < -0.39 is 0 Å². The highest BCUT2D eigenvalue weighted by Crippen LogP contribution is 2.62. The molecular formula is C25H33FN2O3. The molecule has 0 bridgehead atoms. The molecule has 6 atom stereocenters. The summed E-state index contributed by atoms with van der Waals surface area (Å²) in [5, 5.41) is 0. The summed E-state index contributed by atoms with van der Waals surface area (Å²) in [5.41, 5.74) is 1.02. The zero-order valence-electron chi connectivity index (χ0n) is 18.4. The number of carbonyl (C=O) groups excluding carboxylic acids is 1. The van der Waals surface area contributed by atoms with E-state index in [1.165, 1.54) is 25.3 Å². The molecule has 5 fully saturated rings. The Morgan fingerprint density at radius 1 is 1.16 bits per heavy atom. The summed E-state index contributed by atoms with van der Waals surface area (Å²) in [5.74, 6) is 0.679. The first-order chi connectivity index (χ1) is 15.0. The predicted octanol–water partition coefficient (Wildman–Crippen LogP) is 3.47. The Morgan fingerprint density at radius 2 is 1.94 bits per heavy atom. The standard InChI is InChI=1S/C25H33FN2O3/c1-24-7-4-8-25(16-30-25)22(24)13-17-18(23(29)31-21(17)14-24)15-27-9-11-28(12-10-27)20-6-3-2-5-19(20)26/h2-3,5-6,17-18,21-22H,4,7-16H2,1H3/t17-,18-,21-,22+,24-,25+/m1/s1. The summed E-state index contributed by atoms with van der Waals surface area (Å²) in [7, 11) is 0. The van der Waals surface area contributed by atoms with Crippen molar-refractivity contribution in [2.24, 2.45) is 23.2 Å². The number of halogens is 1. The Morgan fingerprint density at radius 3 is 2.68 bits per heavy atom. The van der Waals surface area contributed by atoms with Crippen molar-refractivity contribution in [3.05, 3.63) is 30.1 Å². The lowest BCUT2D eigenvalue weighted by atomic mass is 9.53. The van der Waals surface area contributed by atoms with E-state index in [1.807, 2.05) is 12.1 Å². The Hall–Kier alpha value is -1.66. The van der Waals surface area contributed by atoms with Gasteiger partial charge in [0, 0.05) is 38.6 Å². The van der Waals surface area contributed by atoms with Gasteiger partial charge in [-0.15, -0.1) is 0 Å². The molecule has 1 aromatic rings. The second-order valence-corrected chi connectivity index (χ2v) is 10.8. The molecule has 5 aliphatic rings. The van der Waals surface area contributed by atoms with Gasteiger partial charge in [0.25, 0.3) is 0 Å². The van der Waals surface area contributed by atoms with Gasteiger partial charge < -0.3 is 14.4 Å². The van der Waals surface area contributed by atoms with Crippen LogP contribution in [0, 0.1) is 29.0 Å². The average Bonchev–Trinajstić information content (AvgIpc) is 3.46. The van der Waals surface area contributed by atoms with Crippen molar-refractivity contribution in [2.75, 3.05) is 44.2 Å². The number of nitrogens with zero attached hydrogens (tertiary/aromatic N) is 2. The van der Waals surface area contributed by atoms with Crippen molar-refractivity contribution in [2.45, 2.75) is 50.7 Å². The van der Waals surface area contributed by atoms with E-state index in [4.69, 9.17) is 9.47 Å². The molecule has 6 rings (SSSR count). The van der Waals surface area contributed by atoms with Gasteiger partial charge in [0.1, 0.15) is 11.9 Å². The van der Waals surface area contributed by atoms with Gasteiger partial charge in [-0.05, 0) is 55.6 Å². The summed E-state index contributed by atoms with van der Waals surface area (Å²) in [6, 6.07) is 6.99. The van der Waals surface area contributed by atoms with Gasteiger partial charge in [-0.1, -0.05) is 19.1 Å². The second-order valence-electron chi connectivity index (χ2n) is 10.8. The molecule has 2 aliphatic carbocycles. The van der Waals surface area contributed by atoms with Gasteiger partial charge in [-0.25, -0.2) is 4.39 Å². The number of para-hydroxylation sites is 1. The van der Waals surface area contributed by atoms with E-state index in [0.29, 0.717) is 17.5 Å². The van der Waals surface area contributed by atoms with E-state index in [-0.39, 0.29) is 34.8 Å². The van der Waals surface area contributed by atoms with E-state index in [0.717, 1.165) is 52.2 Å². The fourth-order valence-electron chi connectivity index (χ4n) is 7.32. The number of fused-ring (bicyclic) bond motifs is 3. The number of esters is 1. The molecule has 0 radical (unpaired) electrons. The van der Waals surface area contributed by atoms with E-state index in [9.17, 15) is 9.18 Å². The van der Waals surface area contributed by atoms with E-state index in [1.54, 1.807) is 6.07 Å². The fourth-order valence-corrected chi connectivity index (χ4v) is 7.32. The Balaban J connectivity index is 1.12. The summed E-state index contributed by atoms with van der Waals surface area (Å²) >= 11 is 0. The smallest absolute Gasteiger partial charge is 0.310 e.